The van der Waals surface area contributed by atoms with Crippen LogP contribution in [0.2, 0.25) is 0 Å². The van der Waals surface area contributed by atoms with Crippen LogP contribution in [-0.4, -0.2) is 36.0 Å². The monoisotopic (exact) mass is 330 g/mol. The van der Waals surface area contributed by atoms with E-state index in [2.05, 4.69) is 22.1 Å². The summed E-state index contributed by atoms with van der Waals surface area (Å²) in [7, 11) is 1.70. The first kappa shape index (κ1) is 14.9. The SMILES string of the molecule is CNC(=O)C1CN(c2nc(C)nc3sc4c(c23)CCC(C)C4)C1. The van der Waals surface area contributed by atoms with Gasteiger partial charge in [0.15, 0.2) is 0 Å². The zero-order valence-corrected chi connectivity index (χ0v) is 14.7. The fourth-order valence-electron chi connectivity index (χ4n) is 3.68. The van der Waals surface area contributed by atoms with Crippen LogP contribution in [0.15, 0.2) is 0 Å². The van der Waals surface area contributed by atoms with E-state index in [1.807, 2.05) is 18.3 Å². The number of nitrogens with one attached hydrogen (secondary N) is 1. The van der Waals surface area contributed by atoms with Gasteiger partial charge < -0.3 is 10.2 Å². The summed E-state index contributed by atoms with van der Waals surface area (Å²) in [6.07, 6.45) is 3.53. The Balaban J connectivity index is 1.74. The maximum absolute atomic E-state index is 11.8. The molecule has 4 rings (SSSR count). The van der Waals surface area contributed by atoms with Gasteiger partial charge in [-0.3, -0.25) is 4.79 Å². The van der Waals surface area contributed by atoms with Crippen LogP contribution in [0.3, 0.4) is 0 Å². The minimum absolute atomic E-state index is 0.0832. The van der Waals surface area contributed by atoms with E-state index < -0.39 is 0 Å². The van der Waals surface area contributed by atoms with E-state index in [-0.39, 0.29) is 11.8 Å². The zero-order chi connectivity index (χ0) is 16.1. The lowest BCUT2D eigenvalue weighted by molar-refractivity contribution is -0.125. The second kappa shape index (κ2) is 5.44. The lowest BCUT2D eigenvalue weighted by Crippen LogP contribution is -2.53. The first-order chi connectivity index (χ1) is 11.1. The topological polar surface area (TPSA) is 58.1 Å². The van der Waals surface area contributed by atoms with E-state index in [0.29, 0.717) is 0 Å². The maximum atomic E-state index is 11.8. The van der Waals surface area contributed by atoms with Crippen molar-refractivity contribution in [2.45, 2.75) is 33.1 Å². The molecule has 1 amide bonds. The molecular weight excluding hydrogens is 308 g/mol. The van der Waals surface area contributed by atoms with Crippen molar-refractivity contribution in [1.82, 2.24) is 15.3 Å². The number of carbonyl (C=O) groups is 1. The van der Waals surface area contributed by atoms with Gasteiger partial charge >= 0.3 is 0 Å². The molecule has 1 N–H and O–H groups in total. The molecule has 2 aromatic rings. The molecule has 0 aromatic carbocycles. The van der Waals surface area contributed by atoms with Gasteiger partial charge in [-0.1, -0.05) is 6.92 Å². The first-order valence-electron chi connectivity index (χ1n) is 8.32. The Hall–Kier alpha value is -1.69. The van der Waals surface area contributed by atoms with Crippen molar-refractivity contribution in [3.05, 3.63) is 16.3 Å². The molecule has 0 bridgehead atoms. The number of anilines is 1. The number of rotatable bonds is 2. The number of hydrogen-bond donors (Lipinski definition) is 1. The largest absolute Gasteiger partial charge is 0.359 e. The smallest absolute Gasteiger partial charge is 0.226 e. The molecule has 2 aromatic heterocycles. The number of aromatic nitrogens is 2. The van der Waals surface area contributed by atoms with Gasteiger partial charge in [-0.05, 0) is 37.7 Å². The summed E-state index contributed by atoms with van der Waals surface area (Å²) < 4.78 is 0. The Labute approximate surface area is 140 Å². The van der Waals surface area contributed by atoms with E-state index in [1.165, 1.54) is 22.2 Å². The molecule has 0 saturated carbocycles. The van der Waals surface area contributed by atoms with Crippen molar-refractivity contribution in [3.8, 4) is 0 Å². The van der Waals surface area contributed by atoms with Crippen molar-refractivity contribution in [2.24, 2.45) is 11.8 Å². The molecule has 3 heterocycles. The van der Waals surface area contributed by atoms with Crippen LogP contribution in [0.4, 0.5) is 5.82 Å². The summed E-state index contributed by atoms with van der Waals surface area (Å²) in [5, 5.41) is 3.99. The highest BCUT2D eigenvalue weighted by molar-refractivity contribution is 7.19. The second-order valence-electron chi connectivity index (χ2n) is 6.84. The molecule has 6 heteroatoms. The lowest BCUT2D eigenvalue weighted by atomic mass is 9.89. The Morgan fingerprint density at radius 3 is 2.87 bits per heavy atom. The van der Waals surface area contributed by atoms with Gasteiger partial charge in [-0.25, -0.2) is 9.97 Å². The van der Waals surface area contributed by atoms with Crippen LogP contribution in [-0.2, 0) is 17.6 Å². The number of nitrogens with zero attached hydrogens (tertiary/aromatic N) is 3. The van der Waals surface area contributed by atoms with Crippen molar-refractivity contribution in [2.75, 3.05) is 25.0 Å². The molecule has 5 nitrogen and oxygen atoms in total. The fraction of sp³-hybridized carbons (Fsp3) is 0.588. The molecule has 0 spiro atoms. The number of amides is 1. The maximum Gasteiger partial charge on any atom is 0.226 e. The van der Waals surface area contributed by atoms with Crippen LogP contribution < -0.4 is 10.2 Å². The summed E-state index contributed by atoms with van der Waals surface area (Å²) >= 11 is 1.84. The third kappa shape index (κ3) is 2.40. The van der Waals surface area contributed by atoms with E-state index >= 15 is 0 Å². The van der Waals surface area contributed by atoms with Gasteiger partial charge in [-0.15, -0.1) is 11.3 Å². The highest BCUT2D eigenvalue weighted by Gasteiger charge is 2.35. The average Bonchev–Trinajstić information content (AvgIpc) is 2.81. The Bertz CT molecular complexity index is 778. The first-order valence-corrected chi connectivity index (χ1v) is 9.14. The van der Waals surface area contributed by atoms with Crippen LogP contribution in [0.25, 0.3) is 10.2 Å². The molecule has 1 unspecified atom stereocenters. The highest BCUT2D eigenvalue weighted by Crippen LogP contribution is 2.42. The number of aryl methyl sites for hydroxylation is 2. The molecule has 1 saturated heterocycles. The van der Waals surface area contributed by atoms with Crippen LogP contribution in [0, 0.1) is 18.8 Å². The van der Waals surface area contributed by atoms with Crippen LogP contribution >= 0.6 is 11.3 Å². The van der Waals surface area contributed by atoms with Crippen molar-refractivity contribution >= 4 is 33.3 Å². The number of hydrogen-bond acceptors (Lipinski definition) is 5. The molecule has 122 valence electrons. The third-order valence-electron chi connectivity index (χ3n) is 5.05. The Morgan fingerprint density at radius 2 is 2.13 bits per heavy atom. The quantitative estimate of drug-likeness (QED) is 0.918. The van der Waals surface area contributed by atoms with Crippen LogP contribution in [0.5, 0.6) is 0 Å². The van der Waals surface area contributed by atoms with Gasteiger partial charge in [-0.2, -0.15) is 0 Å². The van der Waals surface area contributed by atoms with Crippen molar-refractivity contribution < 1.29 is 4.79 Å². The van der Waals surface area contributed by atoms with Crippen LogP contribution in [0.1, 0.15) is 29.6 Å². The molecule has 2 aliphatic rings. The number of fused-ring (bicyclic) bond motifs is 3. The molecular formula is C17H22N4OS. The zero-order valence-electron chi connectivity index (χ0n) is 13.8. The standard InChI is InChI=1S/C17H22N4OS/c1-9-4-5-12-13(6-9)23-17-14(12)15(19-10(2)20-17)21-7-11(8-21)16(22)18-3/h9,11H,4-8H2,1-3H3,(H,18,22). The van der Waals surface area contributed by atoms with E-state index in [0.717, 1.165) is 48.3 Å². The van der Waals surface area contributed by atoms with Gasteiger partial charge in [0, 0.05) is 25.0 Å². The summed E-state index contributed by atoms with van der Waals surface area (Å²) in [6, 6.07) is 0. The van der Waals surface area contributed by atoms with Crippen molar-refractivity contribution in [1.29, 1.82) is 0 Å². The average molecular weight is 330 g/mol. The second-order valence-corrected chi connectivity index (χ2v) is 7.93. The lowest BCUT2D eigenvalue weighted by Gasteiger charge is -2.39. The predicted molar refractivity (Wildman–Crippen MR) is 93.1 cm³/mol. The molecule has 1 aliphatic carbocycles. The van der Waals surface area contributed by atoms with E-state index in [9.17, 15) is 4.79 Å². The summed E-state index contributed by atoms with van der Waals surface area (Å²) in [5.74, 6) is 2.83. The van der Waals surface area contributed by atoms with Gasteiger partial charge in [0.1, 0.15) is 16.5 Å². The number of thiophene rings is 1. The number of carbonyl (C=O) groups excluding carboxylic acids is 1. The van der Waals surface area contributed by atoms with Gasteiger partial charge in [0.25, 0.3) is 0 Å². The third-order valence-corrected chi connectivity index (χ3v) is 6.19. The predicted octanol–water partition coefficient (Wildman–Crippen LogP) is 2.31. The fourth-order valence-corrected chi connectivity index (χ4v) is 5.10. The van der Waals surface area contributed by atoms with E-state index in [1.54, 1.807) is 7.05 Å². The Kier molecular flexibility index (Phi) is 3.52. The summed E-state index contributed by atoms with van der Waals surface area (Å²) in [6.45, 7) is 5.80. The minimum Gasteiger partial charge on any atom is -0.359 e. The molecule has 1 aliphatic heterocycles. The molecule has 1 atom stereocenters. The highest BCUT2D eigenvalue weighted by atomic mass is 32.1. The molecule has 0 radical (unpaired) electrons. The minimum atomic E-state index is 0.0832. The van der Waals surface area contributed by atoms with Gasteiger partial charge in [0.2, 0.25) is 5.91 Å². The van der Waals surface area contributed by atoms with Gasteiger partial charge in [0.05, 0.1) is 11.3 Å². The molecule has 23 heavy (non-hydrogen) atoms. The Morgan fingerprint density at radius 1 is 1.35 bits per heavy atom. The summed E-state index contributed by atoms with van der Waals surface area (Å²) in [5.41, 5.74) is 1.46. The van der Waals surface area contributed by atoms with E-state index in [4.69, 9.17) is 4.98 Å². The normalized spacial score (nSPS) is 21.2. The summed E-state index contributed by atoms with van der Waals surface area (Å²) in [4.78, 5) is 26.0. The molecule has 1 fully saturated rings. The van der Waals surface area contributed by atoms with Crippen molar-refractivity contribution in [3.63, 3.8) is 0 Å².